The van der Waals surface area contributed by atoms with Gasteiger partial charge in [-0.05, 0) is 49.4 Å². The van der Waals surface area contributed by atoms with Crippen LogP contribution in [-0.2, 0) is 6.42 Å². The molecule has 1 spiro atoms. The molecule has 0 amide bonds. The molecule has 0 unspecified atom stereocenters. The number of rotatable bonds is 0. The summed E-state index contributed by atoms with van der Waals surface area (Å²) >= 11 is 0. The molecule has 1 saturated carbocycles. The van der Waals surface area contributed by atoms with Crippen LogP contribution in [0, 0.1) is 11.3 Å². The van der Waals surface area contributed by atoms with Crippen molar-refractivity contribution in [1.29, 1.82) is 5.26 Å². The highest BCUT2D eigenvalue weighted by molar-refractivity contribution is 5.45. The zero-order valence-corrected chi connectivity index (χ0v) is 9.33. The molecule has 0 saturated heterocycles. The molecule has 0 atom stereocenters. The van der Waals surface area contributed by atoms with Crippen molar-refractivity contribution >= 4 is 0 Å². The van der Waals surface area contributed by atoms with E-state index < -0.39 is 0 Å². The second-order valence-electron chi connectivity index (χ2n) is 4.96. The summed E-state index contributed by atoms with van der Waals surface area (Å²) in [7, 11) is 0. The third-order valence-corrected chi connectivity index (χ3v) is 3.79. The lowest BCUT2D eigenvalue weighted by atomic mass is 9.82. The van der Waals surface area contributed by atoms with E-state index >= 15 is 0 Å². The second-order valence-corrected chi connectivity index (χ2v) is 4.96. The Balaban J connectivity index is 1.91. The van der Waals surface area contributed by atoms with Crippen LogP contribution in [0.5, 0.6) is 5.75 Å². The van der Waals surface area contributed by atoms with Gasteiger partial charge in [0.15, 0.2) is 0 Å². The molecule has 1 aliphatic carbocycles. The normalized spacial score (nSPS) is 21.2. The molecular weight excluding hydrogens is 198 g/mol. The third-order valence-electron chi connectivity index (χ3n) is 3.79. The lowest BCUT2D eigenvalue weighted by Crippen LogP contribution is -2.36. The summed E-state index contributed by atoms with van der Waals surface area (Å²) in [5.74, 6) is 1.00. The molecule has 16 heavy (non-hydrogen) atoms. The van der Waals surface area contributed by atoms with Crippen molar-refractivity contribution in [3.05, 3.63) is 29.3 Å². The zero-order valence-electron chi connectivity index (χ0n) is 9.33. The molecule has 1 heterocycles. The standard InChI is InChI=1S/C14H15NO/c15-10-11-4-5-13-12(8-11)9-14(16-13)6-2-1-3-7-14/h4-5,8H,1-3,6-7,9H2. The van der Waals surface area contributed by atoms with Gasteiger partial charge in [-0.3, -0.25) is 0 Å². The van der Waals surface area contributed by atoms with Gasteiger partial charge in [0, 0.05) is 6.42 Å². The molecule has 2 aliphatic rings. The maximum absolute atomic E-state index is 8.88. The summed E-state index contributed by atoms with van der Waals surface area (Å²) in [6, 6.07) is 7.98. The largest absolute Gasteiger partial charge is 0.487 e. The van der Waals surface area contributed by atoms with Crippen LogP contribution < -0.4 is 4.74 Å². The van der Waals surface area contributed by atoms with Gasteiger partial charge in [0.1, 0.15) is 11.4 Å². The zero-order chi connectivity index (χ0) is 11.0. The van der Waals surface area contributed by atoms with Crippen LogP contribution in [-0.4, -0.2) is 5.60 Å². The summed E-state index contributed by atoms with van der Waals surface area (Å²) in [5.41, 5.74) is 2.03. The fourth-order valence-electron chi connectivity index (χ4n) is 2.98. The third kappa shape index (κ3) is 1.48. The minimum Gasteiger partial charge on any atom is -0.487 e. The molecule has 0 radical (unpaired) electrons. The van der Waals surface area contributed by atoms with Gasteiger partial charge in [0.2, 0.25) is 0 Å². The Morgan fingerprint density at radius 3 is 2.75 bits per heavy atom. The summed E-state index contributed by atoms with van der Waals surface area (Å²) in [4.78, 5) is 0. The molecular formula is C14H15NO. The van der Waals surface area contributed by atoms with Gasteiger partial charge in [-0.1, -0.05) is 6.42 Å². The Morgan fingerprint density at radius 1 is 1.19 bits per heavy atom. The molecule has 0 aromatic heterocycles. The Hall–Kier alpha value is -1.49. The Bertz CT molecular complexity index is 452. The van der Waals surface area contributed by atoms with Crippen molar-refractivity contribution in [1.82, 2.24) is 0 Å². The van der Waals surface area contributed by atoms with Gasteiger partial charge < -0.3 is 4.74 Å². The quantitative estimate of drug-likeness (QED) is 0.663. The maximum Gasteiger partial charge on any atom is 0.123 e. The van der Waals surface area contributed by atoms with E-state index in [1.165, 1.54) is 37.7 Å². The number of nitriles is 1. The number of nitrogens with zero attached hydrogens (tertiary/aromatic N) is 1. The van der Waals surface area contributed by atoms with Crippen molar-refractivity contribution < 1.29 is 4.74 Å². The monoisotopic (exact) mass is 213 g/mol. The van der Waals surface area contributed by atoms with Gasteiger partial charge in [-0.15, -0.1) is 0 Å². The van der Waals surface area contributed by atoms with Crippen LogP contribution in [0.2, 0.25) is 0 Å². The van der Waals surface area contributed by atoms with E-state index in [-0.39, 0.29) is 5.60 Å². The first-order chi connectivity index (χ1) is 7.81. The van der Waals surface area contributed by atoms with Gasteiger partial charge in [-0.25, -0.2) is 0 Å². The minimum absolute atomic E-state index is 0.0641. The van der Waals surface area contributed by atoms with E-state index in [0.717, 1.165) is 17.7 Å². The molecule has 3 rings (SSSR count). The van der Waals surface area contributed by atoms with Crippen molar-refractivity contribution in [2.45, 2.75) is 44.1 Å². The van der Waals surface area contributed by atoms with Crippen molar-refractivity contribution in [3.8, 4) is 11.8 Å². The van der Waals surface area contributed by atoms with E-state index in [2.05, 4.69) is 6.07 Å². The highest BCUT2D eigenvalue weighted by atomic mass is 16.5. The summed E-state index contributed by atoms with van der Waals surface area (Å²) < 4.78 is 6.13. The molecule has 1 fully saturated rings. The first-order valence-electron chi connectivity index (χ1n) is 6.03. The SMILES string of the molecule is N#Cc1ccc2c(c1)CC1(CCCCC1)O2. The number of hydrogen-bond acceptors (Lipinski definition) is 2. The van der Waals surface area contributed by atoms with Crippen LogP contribution >= 0.6 is 0 Å². The smallest absolute Gasteiger partial charge is 0.123 e. The average Bonchev–Trinajstić information content (AvgIpc) is 2.66. The lowest BCUT2D eigenvalue weighted by molar-refractivity contribution is 0.0529. The summed E-state index contributed by atoms with van der Waals surface area (Å²) in [6.07, 6.45) is 7.23. The van der Waals surface area contributed by atoms with Gasteiger partial charge >= 0.3 is 0 Å². The van der Waals surface area contributed by atoms with E-state index in [0.29, 0.717) is 0 Å². The van der Waals surface area contributed by atoms with Crippen molar-refractivity contribution in [2.75, 3.05) is 0 Å². The van der Waals surface area contributed by atoms with E-state index in [4.69, 9.17) is 10.00 Å². The minimum atomic E-state index is 0.0641. The number of ether oxygens (including phenoxy) is 1. The predicted octanol–water partition coefficient (Wildman–Crippen LogP) is 3.20. The Labute approximate surface area is 95.8 Å². The molecule has 82 valence electrons. The molecule has 1 aliphatic heterocycles. The first-order valence-corrected chi connectivity index (χ1v) is 6.03. The molecule has 1 aromatic carbocycles. The number of hydrogen-bond donors (Lipinski definition) is 0. The average molecular weight is 213 g/mol. The number of benzene rings is 1. The van der Waals surface area contributed by atoms with Gasteiger partial charge in [0.05, 0.1) is 11.6 Å². The highest BCUT2D eigenvalue weighted by Crippen LogP contribution is 2.43. The second kappa shape index (κ2) is 3.52. The summed E-state index contributed by atoms with van der Waals surface area (Å²) in [6.45, 7) is 0. The van der Waals surface area contributed by atoms with Crippen LogP contribution in [0.1, 0.15) is 43.2 Å². The molecule has 0 N–H and O–H groups in total. The topological polar surface area (TPSA) is 33.0 Å². The van der Waals surface area contributed by atoms with E-state index in [1.54, 1.807) is 0 Å². The van der Waals surface area contributed by atoms with Crippen LogP contribution in [0.4, 0.5) is 0 Å². The molecule has 2 nitrogen and oxygen atoms in total. The predicted molar refractivity (Wildman–Crippen MR) is 61.3 cm³/mol. The van der Waals surface area contributed by atoms with Crippen molar-refractivity contribution in [2.24, 2.45) is 0 Å². The van der Waals surface area contributed by atoms with E-state index in [1.807, 2.05) is 18.2 Å². The Morgan fingerprint density at radius 2 is 2.00 bits per heavy atom. The first kappa shape index (κ1) is 9.72. The van der Waals surface area contributed by atoms with Crippen LogP contribution in [0.3, 0.4) is 0 Å². The lowest BCUT2D eigenvalue weighted by Gasteiger charge is -2.32. The van der Waals surface area contributed by atoms with Crippen LogP contribution in [0.15, 0.2) is 18.2 Å². The van der Waals surface area contributed by atoms with Crippen LogP contribution in [0.25, 0.3) is 0 Å². The van der Waals surface area contributed by atoms with Gasteiger partial charge in [0.25, 0.3) is 0 Å². The summed E-state index contributed by atoms with van der Waals surface area (Å²) in [5, 5.41) is 8.88. The fourth-order valence-corrected chi connectivity index (χ4v) is 2.98. The van der Waals surface area contributed by atoms with Crippen molar-refractivity contribution in [3.63, 3.8) is 0 Å². The molecule has 1 aromatic rings. The number of fused-ring (bicyclic) bond motifs is 1. The van der Waals surface area contributed by atoms with Gasteiger partial charge in [-0.2, -0.15) is 5.26 Å². The Kier molecular flexibility index (Phi) is 2.14. The highest BCUT2D eigenvalue weighted by Gasteiger charge is 2.40. The molecule has 0 bridgehead atoms. The fraction of sp³-hybridized carbons (Fsp3) is 0.500. The van der Waals surface area contributed by atoms with E-state index in [9.17, 15) is 0 Å². The maximum atomic E-state index is 8.88. The molecule has 2 heteroatoms.